The number of hydrogen-bond donors (Lipinski definition) is 1. The van der Waals surface area contributed by atoms with Gasteiger partial charge in [0.05, 0.1) is 7.11 Å². The van der Waals surface area contributed by atoms with Crippen LogP contribution in [0.2, 0.25) is 0 Å². The van der Waals surface area contributed by atoms with E-state index in [1.807, 2.05) is 32.1 Å². The van der Waals surface area contributed by atoms with Crippen LogP contribution in [-0.4, -0.2) is 31.8 Å². The normalized spacial score (nSPS) is 16.9. The number of carbonyl (C=O) groups is 1. The van der Waals surface area contributed by atoms with Gasteiger partial charge in [-0.05, 0) is 78.9 Å². The Kier molecular flexibility index (Phi) is 9.35. The first-order valence-corrected chi connectivity index (χ1v) is 13.7. The zero-order valence-corrected chi connectivity index (χ0v) is 23.3. The minimum absolute atomic E-state index is 0.0224. The van der Waals surface area contributed by atoms with Crippen molar-refractivity contribution in [2.75, 3.05) is 25.1 Å². The second-order valence-electron chi connectivity index (χ2n) is 9.56. The lowest BCUT2D eigenvalue weighted by Crippen LogP contribution is -2.32. The lowest BCUT2D eigenvalue weighted by atomic mass is 9.89. The molecular weight excluding hydrogens is 477 g/mol. The Morgan fingerprint density at radius 3 is 2.46 bits per heavy atom. The monoisotopic (exact) mass is 515 g/mol. The molecule has 0 radical (unpaired) electrons. The Bertz CT molecular complexity index is 1200. The summed E-state index contributed by atoms with van der Waals surface area (Å²) in [7, 11) is 4.40. The molecule has 1 N–H and O–H groups in total. The number of piperidine rings is 1. The highest BCUT2D eigenvalue weighted by atomic mass is 31.0. The zero-order valence-electron chi connectivity index (χ0n) is 22.2. The van der Waals surface area contributed by atoms with E-state index < -0.39 is 0 Å². The maximum atomic E-state index is 12.9. The molecule has 0 saturated carbocycles. The van der Waals surface area contributed by atoms with Crippen molar-refractivity contribution in [2.24, 2.45) is 4.99 Å². The summed E-state index contributed by atoms with van der Waals surface area (Å²) in [6, 6.07) is 17.1. The molecule has 0 spiro atoms. The Morgan fingerprint density at radius 1 is 1.14 bits per heavy atom. The molecule has 2 aromatic carbocycles. The summed E-state index contributed by atoms with van der Waals surface area (Å²) in [5.74, 6) is 1.49. The number of nitrogens with zero attached hydrogens (tertiary/aromatic N) is 2. The van der Waals surface area contributed by atoms with Crippen molar-refractivity contribution >= 4 is 26.5 Å². The molecule has 0 aliphatic carbocycles. The minimum atomic E-state index is -0.0224. The highest BCUT2D eigenvalue weighted by Gasteiger charge is 2.22. The predicted octanol–water partition coefficient (Wildman–Crippen LogP) is 6.54. The molecule has 0 bridgehead atoms. The predicted molar refractivity (Wildman–Crippen MR) is 157 cm³/mol. The van der Waals surface area contributed by atoms with Crippen LogP contribution < -0.4 is 15.0 Å². The Hall–Kier alpha value is -3.17. The van der Waals surface area contributed by atoms with E-state index >= 15 is 0 Å². The molecule has 1 amide bonds. The molecule has 5 nitrogen and oxygen atoms in total. The molecule has 6 heteroatoms. The second kappa shape index (κ2) is 12.9. The third kappa shape index (κ3) is 6.99. The lowest BCUT2D eigenvalue weighted by molar-refractivity contribution is -0.117. The molecule has 2 aliphatic rings. The number of allylic oxidation sites excluding steroid dienone is 5. The van der Waals surface area contributed by atoms with Crippen molar-refractivity contribution in [2.45, 2.75) is 52.0 Å². The largest absolute Gasteiger partial charge is 0.497 e. The molecule has 37 heavy (non-hydrogen) atoms. The van der Waals surface area contributed by atoms with E-state index in [0.29, 0.717) is 18.9 Å². The summed E-state index contributed by atoms with van der Waals surface area (Å²) in [6.07, 6.45) is 9.66. The number of rotatable bonds is 9. The first-order valence-electron chi connectivity index (χ1n) is 13.2. The van der Waals surface area contributed by atoms with Gasteiger partial charge in [-0.1, -0.05) is 43.3 Å². The molecule has 2 heterocycles. The van der Waals surface area contributed by atoms with Gasteiger partial charge in [0.1, 0.15) is 5.75 Å². The molecule has 2 aromatic rings. The van der Waals surface area contributed by atoms with Crippen molar-refractivity contribution in [1.29, 1.82) is 0 Å². The first-order chi connectivity index (χ1) is 18.0. The number of ether oxygens (including phenoxy) is 1. The maximum Gasteiger partial charge on any atom is 0.249 e. The van der Waals surface area contributed by atoms with Crippen molar-refractivity contribution in [3.63, 3.8) is 0 Å². The van der Waals surface area contributed by atoms with Crippen LogP contribution in [0.3, 0.4) is 0 Å². The fraction of sp³-hybridized carbons (Fsp3) is 0.355. The fourth-order valence-corrected chi connectivity index (χ4v) is 5.01. The van der Waals surface area contributed by atoms with Crippen LogP contribution in [-0.2, 0) is 11.3 Å². The smallest absolute Gasteiger partial charge is 0.249 e. The van der Waals surface area contributed by atoms with Crippen molar-refractivity contribution < 1.29 is 9.53 Å². The molecule has 1 atom stereocenters. The van der Waals surface area contributed by atoms with Gasteiger partial charge < -0.3 is 15.0 Å². The van der Waals surface area contributed by atoms with Crippen LogP contribution in [0.1, 0.15) is 56.6 Å². The van der Waals surface area contributed by atoms with Crippen molar-refractivity contribution in [3.05, 3.63) is 94.5 Å². The van der Waals surface area contributed by atoms with E-state index in [9.17, 15) is 4.79 Å². The summed E-state index contributed by atoms with van der Waals surface area (Å²) in [5.41, 5.74) is 6.35. The standard InChI is InChI=1S/C31H38N3O2P/c1-4-28(37)15-10-25-20-29(30(5-2)33-25)31(35)32-21-22-6-11-26(12-7-22)34-18-16-24(17-19-34)23-8-13-27(36-3)14-9-23/h4,6-15,24H,5,16-21,37H2,1-3H3,(H,32,35)/b15-10-,28-4+. The van der Waals surface area contributed by atoms with E-state index in [2.05, 4.69) is 73.0 Å². The van der Waals surface area contributed by atoms with E-state index in [1.54, 1.807) is 7.11 Å². The van der Waals surface area contributed by atoms with Crippen LogP contribution in [0, 0.1) is 0 Å². The van der Waals surface area contributed by atoms with Gasteiger partial charge in [-0.2, -0.15) is 0 Å². The fourth-order valence-electron chi connectivity index (χ4n) is 4.91. The van der Waals surface area contributed by atoms with Crippen LogP contribution >= 0.6 is 9.24 Å². The number of anilines is 1. The van der Waals surface area contributed by atoms with E-state index in [4.69, 9.17) is 4.74 Å². The molecule has 1 saturated heterocycles. The summed E-state index contributed by atoms with van der Waals surface area (Å²) in [5, 5.41) is 4.20. The van der Waals surface area contributed by atoms with Gasteiger partial charge in [0.25, 0.3) is 0 Å². The molecule has 1 unspecified atom stereocenters. The maximum absolute atomic E-state index is 12.9. The molecule has 1 fully saturated rings. The molecule has 2 aliphatic heterocycles. The van der Waals surface area contributed by atoms with Crippen molar-refractivity contribution in [1.82, 2.24) is 5.32 Å². The van der Waals surface area contributed by atoms with Crippen molar-refractivity contribution in [3.8, 4) is 5.75 Å². The number of nitrogens with one attached hydrogen (secondary N) is 1. The van der Waals surface area contributed by atoms with E-state index in [-0.39, 0.29) is 5.91 Å². The number of amides is 1. The number of methoxy groups -OCH3 is 1. The van der Waals surface area contributed by atoms with E-state index in [0.717, 1.165) is 66.0 Å². The average molecular weight is 516 g/mol. The van der Waals surface area contributed by atoms with Crippen LogP contribution in [0.5, 0.6) is 5.75 Å². The van der Waals surface area contributed by atoms with Gasteiger partial charge in [-0.3, -0.25) is 9.79 Å². The Labute approximate surface area is 223 Å². The quantitative estimate of drug-likeness (QED) is 0.305. The summed E-state index contributed by atoms with van der Waals surface area (Å²) < 4.78 is 5.29. The number of benzene rings is 2. The number of hydrogen-bond acceptors (Lipinski definition) is 4. The molecule has 4 rings (SSSR count). The Morgan fingerprint density at radius 2 is 1.84 bits per heavy atom. The van der Waals surface area contributed by atoms with Crippen LogP contribution in [0.15, 0.2) is 88.3 Å². The number of aliphatic imine (C=N–C) groups is 1. The van der Waals surface area contributed by atoms with Gasteiger partial charge in [-0.15, -0.1) is 9.24 Å². The van der Waals surface area contributed by atoms with E-state index in [1.165, 1.54) is 11.3 Å². The third-order valence-corrected chi connectivity index (χ3v) is 7.76. The highest BCUT2D eigenvalue weighted by molar-refractivity contribution is 7.22. The van der Waals surface area contributed by atoms with Crippen LogP contribution in [0.25, 0.3) is 0 Å². The molecular formula is C31H38N3O2P. The second-order valence-corrected chi connectivity index (χ2v) is 10.2. The average Bonchev–Trinajstić information content (AvgIpc) is 3.38. The molecule has 194 valence electrons. The summed E-state index contributed by atoms with van der Waals surface area (Å²) in [6.45, 7) is 6.65. The molecule has 0 aromatic heterocycles. The Balaban J connectivity index is 1.27. The summed E-state index contributed by atoms with van der Waals surface area (Å²) in [4.78, 5) is 20.1. The van der Waals surface area contributed by atoms with Gasteiger partial charge in [0.2, 0.25) is 5.91 Å². The zero-order chi connectivity index (χ0) is 26.2. The minimum Gasteiger partial charge on any atom is -0.497 e. The van der Waals surface area contributed by atoms with Gasteiger partial charge in [0, 0.05) is 48.7 Å². The number of carbonyl (C=O) groups excluding carboxylic acids is 1. The van der Waals surface area contributed by atoms with Gasteiger partial charge in [0.15, 0.2) is 0 Å². The van der Waals surface area contributed by atoms with Gasteiger partial charge in [-0.25, -0.2) is 0 Å². The van der Waals surface area contributed by atoms with Crippen LogP contribution in [0.4, 0.5) is 5.69 Å². The summed E-state index contributed by atoms with van der Waals surface area (Å²) >= 11 is 0. The lowest BCUT2D eigenvalue weighted by Gasteiger charge is -2.34. The first kappa shape index (κ1) is 26.9. The van der Waals surface area contributed by atoms with Gasteiger partial charge >= 0.3 is 0 Å². The topological polar surface area (TPSA) is 53.9 Å². The third-order valence-electron chi connectivity index (χ3n) is 7.23. The highest BCUT2D eigenvalue weighted by Crippen LogP contribution is 2.31. The SMILES string of the molecule is C/C=C(P)\C=C/C1=NC(CC)=C(C(=O)NCc2ccc(N3CCC(c4ccc(OC)cc4)CC3)cc2)C1.